The lowest BCUT2D eigenvalue weighted by atomic mass is 10.0. The summed E-state index contributed by atoms with van der Waals surface area (Å²) in [4.78, 5) is 16.9. The Morgan fingerprint density at radius 1 is 1.16 bits per heavy atom. The van der Waals surface area contributed by atoms with Crippen molar-refractivity contribution in [3.05, 3.63) is 64.7 Å². The SMILES string of the molecule is CC[C@@]1(C)Nc2ccccc2-c2nc(=O)c(-c3ccc(F)cc3)nn21. The number of hydrogen-bond donors (Lipinski definition) is 1. The summed E-state index contributed by atoms with van der Waals surface area (Å²) < 4.78 is 14.9. The first kappa shape index (κ1) is 15.5. The number of fused-ring (bicyclic) bond motifs is 3. The predicted molar refractivity (Wildman–Crippen MR) is 94.7 cm³/mol. The third kappa shape index (κ3) is 2.41. The number of rotatable bonds is 2. The fourth-order valence-corrected chi connectivity index (χ4v) is 3.06. The smallest absolute Gasteiger partial charge is 0.300 e. The van der Waals surface area contributed by atoms with Gasteiger partial charge in [0.1, 0.15) is 11.5 Å². The van der Waals surface area contributed by atoms with Crippen molar-refractivity contribution in [1.29, 1.82) is 0 Å². The summed E-state index contributed by atoms with van der Waals surface area (Å²) in [7, 11) is 0. The van der Waals surface area contributed by atoms with Crippen LogP contribution in [0, 0.1) is 5.82 Å². The number of para-hydroxylation sites is 1. The first-order valence-electron chi connectivity index (χ1n) is 8.17. The van der Waals surface area contributed by atoms with Gasteiger partial charge in [-0.25, -0.2) is 9.07 Å². The Kier molecular flexibility index (Phi) is 3.42. The van der Waals surface area contributed by atoms with Gasteiger partial charge < -0.3 is 5.32 Å². The van der Waals surface area contributed by atoms with Gasteiger partial charge in [0.25, 0.3) is 5.56 Å². The maximum atomic E-state index is 13.2. The molecule has 3 aromatic rings. The van der Waals surface area contributed by atoms with E-state index >= 15 is 0 Å². The first-order chi connectivity index (χ1) is 12.0. The van der Waals surface area contributed by atoms with Gasteiger partial charge in [-0.15, -0.1) is 0 Å². The standard InChI is InChI=1S/C19H17FN4O/c1-3-19(2)22-15-7-5-4-6-14(15)17-21-18(25)16(23-24(17)19)12-8-10-13(20)11-9-12/h4-11,22H,3H2,1-2H3/t19-/m0/s1. The zero-order valence-corrected chi connectivity index (χ0v) is 14.0. The van der Waals surface area contributed by atoms with Gasteiger partial charge in [0, 0.05) is 16.8 Å². The topological polar surface area (TPSA) is 59.8 Å². The molecule has 2 aromatic carbocycles. The minimum absolute atomic E-state index is 0.213. The van der Waals surface area contributed by atoms with E-state index in [0.717, 1.165) is 17.7 Å². The van der Waals surface area contributed by atoms with Gasteiger partial charge in [-0.2, -0.15) is 10.1 Å². The van der Waals surface area contributed by atoms with Crippen LogP contribution in [0.25, 0.3) is 22.6 Å². The molecule has 0 bridgehead atoms. The van der Waals surface area contributed by atoms with Crippen molar-refractivity contribution in [3.63, 3.8) is 0 Å². The van der Waals surface area contributed by atoms with Crippen molar-refractivity contribution in [1.82, 2.24) is 14.8 Å². The number of nitrogens with one attached hydrogen (secondary N) is 1. The second-order valence-electron chi connectivity index (χ2n) is 6.31. The Hall–Kier alpha value is -3.02. The molecule has 0 amide bonds. The van der Waals surface area contributed by atoms with Gasteiger partial charge in [-0.1, -0.05) is 19.1 Å². The zero-order chi connectivity index (χ0) is 17.6. The van der Waals surface area contributed by atoms with E-state index in [9.17, 15) is 9.18 Å². The maximum Gasteiger partial charge on any atom is 0.300 e. The molecule has 1 aliphatic rings. The van der Waals surface area contributed by atoms with Crippen molar-refractivity contribution in [2.24, 2.45) is 0 Å². The van der Waals surface area contributed by atoms with Gasteiger partial charge in [0.05, 0.1) is 0 Å². The molecule has 0 fully saturated rings. The summed E-state index contributed by atoms with van der Waals surface area (Å²) in [6, 6.07) is 13.4. The number of halogens is 1. The molecule has 0 aliphatic carbocycles. The second kappa shape index (κ2) is 5.51. The van der Waals surface area contributed by atoms with E-state index in [4.69, 9.17) is 0 Å². The average molecular weight is 336 g/mol. The highest BCUT2D eigenvalue weighted by molar-refractivity contribution is 5.76. The van der Waals surface area contributed by atoms with E-state index in [1.54, 1.807) is 16.8 Å². The van der Waals surface area contributed by atoms with Gasteiger partial charge in [0.2, 0.25) is 0 Å². The molecule has 1 atom stereocenters. The fourth-order valence-electron chi connectivity index (χ4n) is 3.06. The molecule has 0 saturated carbocycles. The van der Waals surface area contributed by atoms with Crippen LogP contribution in [-0.2, 0) is 5.66 Å². The number of hydrogen-bond acceptors (Lipinski definition) is 4. The van der Waals surface area contributed by atoms with Crippen molar-refractivity contribution >= 4 is 5.69 Å². The minimum Gasteiger partial charge on any atom is -0.361 e. The summed E-state index contributed by atoms with van der Waals surface area (Å²) in [6.45, 7) is 4.06. The molecule has 0 radical (unpaired) electrons. The number of aromatic nitrogens is 3. The Bertz CT molecular complexity index is 1010. The summed E-state index contributed by atoms with van der Waals surface area (Å²) in [5.41, 5.74) is 1.59. The van der Waals surface area contributed by atoms with Crippen LogP contribution in [0.15, 0.2) is 53.3 Å². The summed E-state index contributed by atoms with van der Waals surface area (Å²) in [5, 5.41) is 8.08. The van der Waals surface area contributed by atoms with Crippen LogP contribution in [-0.4, -0.2) is 14.8 Å². The number of nitrogens with zero attached hydrogens (tertiary/aromatic N) is 3. The Labute approximate surface area is 144 Å². The van der Waals surface area contributed by atoms with Gasteiger partial charge in [-0.3, -0.25) is 4.79 Å². The largest absolute Gasteiger partial charge is 0.361 e. The van der Waals surface area contributed by atoms with E-state index in [1.807, 2.05) is 38.1 Å². The molecule has 126 valence electrons. The summed E-state index contributed by atoms with van der Waals surface area (Å²) in [5.74, 6) is 0.179. The van der Waals surface area contributed by atoms with E-state index < -0.39 is 11.2 Å². The second-order valence-corrected chi connectivity index (χ2v) is 6.31. The normalized spacial score (nSPS) is 18.2. The van der Waals surface area contributed by atoms with E-state index in [1.165, 1.54) is 12.1 Å². The third-order valence-electron chi connectivity index (χ3n) is 4.66. The van der Waals surface area contributed by atoms with E-state index in [0.29, 0.717) is 11.4 Å². The molecule has 1 aromatic heterocycles. The summed E-state index contributed by atoms with van der Waals surface area (Å²) in [6.07, 6.45) is 0.745. The zero-order valence-electron chi connectivity index (χ0n) is 14.0. The van der Waals surface area contributed by atoms with Crippen LogP contribution in [0.1, 0.15) is 20.3 Å². The molecule has 1 N–H and O–H groups in total. The first-order valence-corrected chi connectivity index (χ1v) is 8.17. The molecule has 6 heteroatoms. The Morgan fingerprint density at radius 2 is 1.88 bits per heavy atom. The van der Waals surface area contributed by atoms with Crippen LogP contribution in [0.4, 0.5) is 10.1 Å². The van der Waals surface area contributed by atoms with Crippen LogP contribution in [0.5, 0.6) is 0 Å². The highest BCUT2D eigenvalue weighted by Crippen LogP contribution is 2.37. The molecular weight excluding hydrogens is 319 g/mol. The number of benzene rings is 2. The lowest BCUT2D eigenvalue weighted by molar-refractivity contribution is 0.312. The van der Waals surface area contributed by atoms with Crippen LogP contribution in [0.3, 0.4) is 0 Å². The highest BCUT2D eigenvalue weighted by Gasteiger charge is 2.34. The lowest BCUT2D eigenvalue weighted by Crippen LogP contribution is -2.44. The molecule has 0 saturated heterocycles. The monoisotopic (exact) mass is 336 g/mol. The molecule has 2 heterocycles. The Balaban J connectivity index is 1.99. The van der Waals surface area contributed by atoms with Crippen LogP contribution < -0.4 is 10.9 Å². The lowest BCUT2D eigenvalue weighted by Gasteiger charge is -2.38. The maximum absolute atomic E-state index is 13.2. The molecule has 0 spiro atoms. The third-order valence-corrected chi connectivity index (χ3v) is 4.66. The Morgan fingerprint density at radius 3 is 2.60 bits per heavy atom. The van der Waals surface area contributed by atoms with E-state index in [2.05, 4.69) is 15.4 Å². The minimum atomic E-state index is -0.515. The molecule has 0 unspecified atom stereocenters. The van der Waals surface area contributed by atoms with Crippen molar-refractivity contribution < 1.29 is 4.39 Å². The van der Waals surface area contributed by atoms with Crippen LogP contribution >= 0.6 is 0 Å². The van der Waals surface area contributed by atoms with Crippen molar-refractivity contribution in [3.8, 4) is 22.6 Å². The summed E-state index contributed by atoms with van der Waals surface area (Å²) >= 11 is 0. The number of anilines is 1. The fraction of sp³-hybridized carbons (Fsp3) is 0.211. The van der Waals surface area contributed by atoms with E-state index in [-0.39, 0.29) is 11.5 Å². The van der Waals surface area contributed by atoms with Gasteiger partial charge >= 0.3 is 0 Å². The molecule has 25 heavy (non-hydrogen) atoms. The van der Waals surface area contributed by atoms with Crippen LogP contribution in [0.2, 0.25) is 0 Å². The quantitative estimate of drug-likeness (QED) is 0.776. The van der Waals surface area contributed by atoms with Crippen molar-refractivity contribution in [2.45, 2.75) is 25.9 Å². The average Bonchev–Trinajstić information content (AvgIpc) is 2.62. The van der Waals surface area contributed by atoms with Gasteiger partial charge in [-0.05, 0) is 49.7 Å². The predicted octanol–water partition coefficient (Wildman–Crippen LogP) is 3.62. The van der Waals surface area contributed by atoms with Crippen molar-refractivity contribution in [2.75, 3.05) is 5.32 Å². The highest BCUT2D eigenvalue weighted by atomic mass is 19.1. The molecule has 5 nitrogen and oxygen atoms in total. The molecular formula is C19H17FN4O. The molecule has 4 rings (SSSR count). The molecule has 1 aliphatic heterocycles. The van der Waals surface area contributed by atoms with Gasteiger partial charge in [0.15, 0.2) is 11.5 Å².